The normalized spacial score (nSPS) is 11.6. The van der Waals surface area contributed by atoms with E-state index in [1.54, 1.807) is 37.5 Å². The summed E-state index contributed by atoms with van der Waals surface area (Å²) in [5, 5.41) is 11.9. The molecule has 0 fully saturated rings. The Hall–Kier alpha value is -3.82. The fraction of sp³-hybridized carbons (Fsp3) is 0.100. The number of fused-ring (bicyclic) bond motifs is 1. The maximum Gasteiger partial charge on any atom is 0.419 e. The number of aromatic nitrogens is 4. The molecule has 152 valence electrons. The summed E-state index contributed by atoms with van der Waals surface area (Å²) in [5.74, 6) is -2.19. The van der Waals surface area contributed by atoms with Crippen molar-refractivity contribution in [3.05, 3.63) is 77.6 Å². The Morgan fingerprint density at radius 2 is 1.93 bits per heavy atom. The van der Waals surface area contributed by atoms with Gasteiger partial charge in [0.2, 0.25) is 0 Å². The van der Waals surface area contributed by atoms with E-state index in [1.165, 1.54) is 4.68 Å². The number of pyridine rings is 1. The molecule has 0 bridgehead atoms. The molecule has 0 saturated heterocycles. The van der Waals surface area contributed by atoms with Crippen LogP contribution in [-0.4, -0.2) is 25.9 Å². The van der Waals surface area contributed by atoms with Gasteiger partial charge in [0.05, 0.1) is 16.9 Å². The van der Waals surface area contributed by atoms with Gasteiger partial charge in [0.1, 0.15) is 5.82 Å². The number of hydrogen-bond donors (Lipinski definition) is 1. The maximum absolute atomic E-state index is 13.4. The summed E-state index contributed by atoms with van der Waals surface area (Å²) in [5.41, 5.74) is -0.696. The van der Waals surface area contributed by atoms with Gasteiger partial charge in [0.15, 0.2) is 5.69 Å². The summed E-state index contributed by atoms with van der Waals surface area (Å²) in [7, 11) is 0. The lowest BCUT2D eigenvalue weighted by Gasteiger charge is -2.11. The monoisotopic (exact) mass is 415 g/mol. The molecule has 2 aromatic heterocycles. The van der Waals surface area contributed by atoms with E-state index < -0.39 is 23.5 Å². The molecule has 0 aliphatic rings. The molecule has 1 N–H and O–H groups in total. The number of carbonyl (C=O) groups is 1. The van der Waals surface area contributed by atoms with Crippen LogP contribution < -0.4 is 5.32 Å². The molecule has 6 nitrogen and oxygen atoms in total. The number of hydrogen-bond acceptors (Lipinski definition) is 4. The van der Waals surface area contributed by atoms with Crippen molar-refractivity contribution >= 4 is 22.4 Å². The molecule has 0 radical (unpaired) electrons. The lowest BCUT2D eigenvalue weighted by atomic mass is 10.1. The van der Waals surface area contributed by atoms with Crippen molar-refractivity contribution < 1.29 is 22.4 Å². The third-order valence-corrected chi connectivity index (χ3v) is 4.53. The van der Waals surface area contributed by atoms with Gasteiger partial charge in [-0.15, -0.1) is 5.10 Å². The Bertz CT molecular complexity index is 1260. The van der Waals surface area contributed by atoms with Crippen molar-refractivity contribution in [1.82, 2.24) is 20.0 Å². The Morgan fingerprint density at radius 1 is 1.13 bits per heavy atom. The molecule has 0 unspecified atom stereocenters. The largest absolute Gasteiger partial charge is 0.419 e. The molecule has 0 aliphatic heterocycles. The number of rotatable bonds is 3. The minimum Gasteiger partial charge on any atom is -0.321 e. The van der Waals surface area contributed by atoms with Gasteiger partial charge in [0.25, 0.3) is 5.91 Å². The van der Waals surface area contributed by atoms with E-state index in [4.69, 9.17) is 0 Å². The quantitative estimate of drug-likeness (QED) is 0.499. The SMILES string of the molecule is Cc1c(C(=O)Nc2ccc(F)c(C(F)(F)F)c2)nnn1-c1cccc2cnccc12. The Balaban J connectivity index is 1.67. The molecule has 0 saturated carbocycles. The third-order valence-electron chi connectivity index (χ3n) is 4.53. The number of alkyl halides is 3. The Morgan fingerprint density at radius 3 is 2.70 bits per heavy atom. The molecule has 10 heteroatoms. The van der Waals surface area contributed by atoms with E-state index in [2.05, 4.69) is 20.6 Å². The van der Waals surface area contributed by atoms with Crippen LogP contribution in [0.5, 0.6) is 0 Å². The number of amides is 1. The highest BCUT2D eigenvalue weighted by molar-refractivity contribution is 6.03. The zero-order chi connectivity index (χ0) is 21.5. The van der Waals surface area contributed by atoms with Gasteiger partial charge in [0, 0.05) is 28.9 Å². The molecular formula is C20H13F4N5O. The summed E-state index contributed by atoms with van der Waals surface area (Å²) in [6.07, 6.45) is -1.57. The minimum absolute atomic E-state index is 0.0704. The molecule has 0 spiro atoms. The molecular weight excluding hydrogens is 402 g/mol. The second kappa shape index (κ2) is 7.21. The lowest BCUT2D eigenvalue weighted by Crippen LogP contribution is -2.16. The first-order valence-corrected chi connectivity index (χ1v) is 8.69. The smallest absolute Gasteiger partial charge is 0.321 e. The predicted octanol–water partition coefficient (Wildman–Crippen LogP) is 4.53. The highest BCUT2D eigenvalue weighted by atomic mass is 19.4. The first-order valence-electron chi connectivity index (χ1n) is 8.69. The number of anilines is 1. The standard InChI is InChI=1S/C20H13F4N5O/c1-11-18(19(30)26-13-5-6-16(21)15(9-13)20(22,23)24)27-28-29(11)17-4-2-3-12-10-25-8-7-14(12)17/h2-10H,1H3,(H,26,30). The first-order chi connectivity index (χ1) is 14.3. The van der Waals surface area contributed by atoms with Crippen LogP contribution in [-0.2, 0) is 6.18 Å². The molecule has 2 heterocycles. The van der Waals surface area contributed by atoms with E-state index >= 15 is 0 Å². The number of nitrogens with one attached hydrogen (secondary N) is 1. The summed E-state index contributed by atoms with van der Waals surface area (Å²) >= 11 is 0. The summed E-state index contributed by atoms with van der Waals surface area (Å²) < 4.78 is 53.6. The Kier molecular flexibility index (Phi) is 4.69. The van der Waals surface area contributed by atoms with Crippen LogP contribution in [0, 0.1) is 12.7 Å². The third kappa shape index (κ3) is 3.47. The van der Waals surface area contributed by atoms with E-state index in [-0.39, 0.29) is 11.4 Å². The summed E-state index contributed by atoms with van der Waals surface area (Å²) in [6, 6.07) is 9.48. The molecule has 30 heavy (non-hydrogen) atoms. The van der Waals surface area contributed by atoms with Crippen LogP contribution in [0.3, 0.4) is 0 Å². The van der Waals surface area contributed by atoms with Crippen LogP contribution >= 0.6 is 0 Å². The molecule has 2 aromatic carbocycles. The van der Waals surface area contributed by atoms with Crippen LogP contribution in [0.1, 0.15) is 21.7 Å². The van der Waals surface area contributed by atoms with Crippen LogP contribution in [0.15, 0.2) is 54.9 Å². The van der Waals surface area contributed by atoms with Crippen molar-refractivity contribution in [2.75, 3.05) is 5.32 Å². The summed E-state index contributed by atoms with van der Waals surface area (Å²) in [6.45, 7) is 1.61. The molecule has 4 aromatic rings. The van der Waals surface area contributed by atoms with Crippen molar-refractivity contribution in [2.24, 2.45) is 0 Å². The zero-order valence-electron chi connectivity index (χ0n) is 15.4. The maximum atomic E-state index is 13.4. The van der Waals surface area contributed by atoms with E-state index in [0.29, 0.717) is 23.5 Å². The fourth-order valence-corrected chi connectivity index (χ4v) is 3.07. The van der Waals surface area contributed by atoms with Crippen LogP contribution in [0.2, 0.25) is 0 Å². The van der Waals surface area contributed by atoms with E-state index in [9.17, 15) is 22.4 Å². The van der Waals surface area contributed by atoms with Gasteiger partial charge in [-0.05, 0) is 37.3 Å². The van der Waals surface area contributed by atoms with Gasteiger partial charge >= 0.3 is 6.18 Å². The number of halogens is 4. The van der Waals surface area contributed by atoms with Crippen molar-refractivity contribution in [3.63, 3.8) is 0 Å². The first kappa shape index (κ1) is 19.5. The number of nitrogens with zero attached hydrogens (tertiary/aromatic N) is 4. The van der Waals surface area contributed by atoms with Crippen LogP contribution in [0.25, 0.3) is 16.5 Å². The highest BCUT2D eigenvalue weighted by Gasteiger charge is 2.34. The number of carbonyl (C=O) groups excluding carboxylic acids is 1. The second-order valence-corrected chi connectivity index (χ2v) is 6.46. The van der Waals surface area contributed by atoms with Gasteiger partial charge in [-0.3, -0.25) is 9.78 Å². The minimum atomic E-state index is -4.88. The number of benzene rings is 2. The molecule has 0 aliphatic carbocycles. The van der Waals surface area contributed by atoms with Gasteiger partial charge in [-0.1, -0.05) is 17.3 Å². The van der Waals surface area contributed by atoms with Gasteiger partial charge in [-0.2, -0.15) is 13.2 Å². The zero-order valence-corrected chi connectivity index (χ0v) is 15.4. The topological polar surface area (TPSA) is 72.7 Å². The average molecular weight is 415 g/mol. The second-order valence-electron chi connectivity index (χ2n) is 6.46. The Labute approximate surface area is 167 Å². The predicted molar refractivity (Wildman–Crippen MR) is 101 cm³/mol. The molecule has 4 rings (SSSR count). The van der Waals surface area contributed by atoms with Crippen molar-refractivity contribution in [1.29, 1.82) is 0 Å². The highest BCUT2D eigenvalue weighted by Crippen LogP contribution is 2.33. The molecule has 0 atom stereocenters. The van der Waals surface area contributed by atoms with Crippen molar-refractivity contribution in [2.45, 2.75) is 13.1 Å². The fourth-order valence-electron chi connectivity index (χ4n) is 3.07. The molecule has 1 amide bonds. The van der Waals surface area contributed by atoms with E-state index in [1.807, 2.05) is 6.07 Å². The van der Waals surface area contributed by atoms with E-state index in [0.717, 1.165) is 16.8 Å². The van der Waals surface area contributed by atoms with Crippen molar-refractivity contribution in [3.8, 4) is 5.69 Å². The lowest BCUT2D eigenvalue weighted by molar-refractivity contribution is -0.139. The summed E-state index contributed by atoms with van der Waals surface area (Å²) in [4.78, 5) is 16.6. The average Bonchev–Trinajstić information content (AvgIpc) is 3.09. The van der Waals surface area contributed by atoms with Gasteiger partial charge in [-0.25, -0.2) is 9.07 Å². The van der Waals surface area contributed by atoms with Crippen LogP contribution in [0.4, 0.5) is 23.2 Å². The van der Waals surface area contributed by atoms with Gasteiger partial charge < -0.3 is 5.32 Å².